The number of rotatable bonds is 8. The van der Waals surface area contributed by atoms with Crippen LogP contribution in [0.2, 0.25) is 0 Å². The van der Waals surface area contributed by atoms with Crippen LogP contribution in [0, 0.1) is 10.1 Å². The Hall–Kier alpha value is -4.50. The summed E-state index contributed by atoms with van der Waals surface area (Å²) >= 11 is 1.50. The molecule has 0 unspecified atom stereocenters. The van der Waals surface area contributed by atoms with E-state index in [-0.39, 0.29) is 18.1 Å². The quantitative estimate of drug-likeness (QED) is 0.172. The number of hydrogen-bond donors (Lipinski definition) is 1. The molecule has 1 heterocycles. The highest BCUT2D eigenvalue weighted by Gasteiger charge is 2.18. The number of aromatic nitrogens is 3. The molecule has 178 valence electrons. The molecule has 0 atom stereocenters. The summed E-state index contributed by atoms with van der Waals surface area (Å²) in [6, 6.07) is 29.5. The zero-order valence-electron chi connectivity index (χ0n) is 19.1. The number of carbonyl (C=O) groups is 1. The van der Waals surface area contributed by atoms with Crippen molar-refractivity contribution in [2.45, 2.75) is 17.5 Å². The molecular weight excluding hydrogens is 474 g/mol. The van der Waals surface area contributed by atoms with E-state index in [1.807, 2.05) is 71.3 Å². The molecule has 4 aromatic carbocycles. The first-order valence-corrected chi connectivity index (χ1v) is 12.2. The standard InChI is InChI=1S/C27H21N5O3S/c33-26(24-12-6-10-20-9-4-5-11-23(20)24)28-17-25-29-30-27(36-18-19-7-2-1-3-8-19)31(25)21-13-15-22(16-14-21)32(34)35/h1-16H,17-18H2,(H,28,33). The van der Waals surface area contributed by atoms with Gasteiger partial charge in [0.25, 0.3) is 11.6 Å². The Bertz CT molecular complexity index is 1530. The van der Waals surface area contributed by atoms with E-state index < -0.39 is 4.92 Å². The fraction of sp³-hybridized carbons (Fsp3) is 0.0741. The van der Waals surface area contributed by atoms with Crippen LogP contribution in [0.4, 0.5) is 5.69 Å². The Morgan fingerprint density at radius 2 is 1.61 bits per heavy atom. The highest BCUT2D eigenvalue weighted by atomic mass is 32.2. The number of nitrogens with zero attached hydrogens (tertiary/aromatic N) is 4. The Labute approximate surface area is 211 Å². The van der Waals surface area contributed by atoms with E-state index in [4.69, 9.17) is 0 Å². The SMILES string of the molecule is O=C(NCc1nnc(SCc2ccccc2)n1-c1ccc([N+](=O)[O-])cc1)c1cccc2ccccc12. The molecule has 5 rings (SSSR count). The number of nitro groups is 1. The average Bonchev–Trinajstić information content (AvgIpc) is 3.33. The first-order valence-electron chi connectivity index (χ1n) is 11.2. The molecule has 1 aromatic heterocycles. The number of benzene rings is 4. The average molecular weight is 496 g/mol. The molecule has 0 radical (unpaired) electrons. The maximum absolute atomic E-state index is 13.1. The molecule has 0 saturated carbocycles. The second-order valence-electron chi connectivity index (χ2n) is 7.99. The van der Waals surface area contributed by atoms with Crippen molar-refractivity contribution in [1.82, 2.24) is 20.1 Å². The Morgan fingerprint density at radius 3 is 2.39 bits per heavy atom. The predicted molar refractivity (Wildman–Crippen MR) is 139 cm³/mol. The minimum atomic E-state index is -0.438. The van der Waals surface area contributed by atoms with E-state index in [1.54, 1.807) is 18.2 Å². The molecular formula is C27H21N5O3S. The van der Waals surface area contributed by atoms with Crippen LogP contribution in [0.5, 0.6) is 0 Å². The minimum Gasteiger partial charge on any atom is -0.345 e. The van der Waals surface area contributed by atoms with Crippen molar-refractivity contribution in [3.05, 3.63) is 124 Å². The van der Waals surface area contributed by atoms with Crippen molar-refractivity contribution in [2.24, 2.45) is 0 Å². The smallest absolute Gasteiger partial charge is 0.269 e. The Kier molecular flexibility index (Phi) is 6.72. The zero-order chi connectivity index (χ0) is 24.9. The fourth-order valence-corrected chi connectivity index (χ4v) is 4.82. The summed E-state index contributed by atoms with van der Waals surface area (Å²) in [5.41, 5.74) is 2.38. The van der Waals surface area contributed by atoms with Crippen molar-refractivity contribution in [1.29, 1.82) is 0 Å². The summed E-state index contributed by atoms with van der Waals surface area (Å²) < 4.78 is 1.82. The first kappa shape index (κ1) is 23.3. The lowest BCUT2D eigenvalue weighted by Crippen LogP contribution is -2.25. The van der Waals surface area contributed by atoms with Crippen LogP contribution in [-0.4, -0.2) is 25.6 Å². The number of carbonyl (C=O) groups excluding carboxylic acids is 1. The molecule has 1 amide bonds. The molecule has 36 heavy (non-hydrogen) atoms. The van der Waals surface area contributed by atoms with Crippen molar-refractivity contribution in [3.63, 3.8) is 0 Å². The number of thioether (sulfide) groups is 1. The van der Waals surface area contributed by atoms with E-state index in [1.165, 1.54) is 23.9 Å². The van der Waals surface area contributed by atoms with Gasteiger partial charge < -0.3 is 5.32 Å². The van der Waals surface area contributed by atoms with Gasteiger partial charge in [0.15, 0.2) is 11.0 Å². The second-order valence-corrected chi connectivity index (χ2v) is 8.93. The van der Waals surface area contributed by atoms with Gasteiger partial charge in [-0.3, -0.25) is 19.5 Å². The number of nitro benzene ring substituents is 1. The van der Waals surface area contributed by atoms with Gasteiger partial charge in [0.2, 0.25) is 0 Å². The van der Waals surface area contributed by atoms with Gasteiger partial charge in [-0.05, 0) is 34.5 Å². The molecule has 1 N–H and O–H groups in total. The molecule has 9 heteroatoms. The topological polar surface area (TPSA) is 103 Å². The maximum Gasteiger partial charge on any atom is 0.269 e. The summed E-state index contributed by atoms with van der Waals surface area (Å²) in [5.74, 6) is 0.977. The van der Waals surface area contributed by atoms with Crippen molar-refractivity contribution >= 4 is 34.1 Å². The number of amides is 1. The molecule has 0 saturated heterocycles. The maximum atomic E-state index is 13.1. The van der Waals surface area contributed by atoms with E-state index in [9.17, 15) is 14.9 Å². The third-order valence-corrected chi connectivity index (χ3v) is 6.67. The van der Waals surface area contributed by atoms with Crippen LogP contribution in [0.25, 0.3) is 16.5 Å². The predicted octanol–water partition coefficient (Wildman–Crippen LogP) is 5.55. The molecule has 0 bridgehead atoms. The highest BCUT2D eigenvalue weighted by molar-refractivity contribution is 7.98. The lowest BCUT2D eigenvalue weighted by Gasteiger charge is -2.12. The third-order valence-electron chi connectivity index (χ3n) is 5.67. The number of hydrogen-bond acceptors (Lipinski definition) is 6. The second kappa shape index (κ2) is 10.4. The van der Waals surface area contributed by atoms with Gasteiger partial charge >= 0.3 is 0 Å². The monoisotopic (exact) mass is 495 g/mol. The Morgan fingerprint density at radius 1 is 0.889 bits per heavy atom. The minimum absolute atomic E-state index is 0.00359. The lowest BCUT2D eigenvalue weighted by molar-refractivity contribution is -0.384. The molecule has 5 aromatic rings. The van der Waals surface area contributed by atoms with E-state index in [0.29, 0.717) is 28.0 Å². The van der Waals surface area contributed by atoms with Crippen LogP contribution < -0.4 is 5.32 Å². The van der Waals surface area contributed by atoms with Gasteiger partial charge in [0.1, 0.15) is 0 Å². The summed E-state index contributed by atoms with van der Waals surface area (Å²) in [4.78, 5) is 23.7. The number of nitrogens with one attached hydrogen (secondary N) is 1. The molecule has 0 aliphatic heterocycles. The summed E-state index contributed by atoms with van der Waals surface area (Å²) in [6.45, 7) is 0.137. The van der Waals surface area contributed by atoms with Gasteiger partial charge in [-0.1, -0.05) is 78.5 Å². The molecule has 8 nitrogen and oxygen atoms in total. The Balaban J connectivity index is 1.42. The van der Waals surface area contributed by atoms with Crippen molar-refractivity contribution < 1.29 is 9.72 Å². The van der Waals surface area contributed by atoms with Crippen LogP contribution in [0.1, 0.15) is 21.7 Å². The van der Waals surface area contributed by atoms with Crippen molar-refractivity contribution in [2.75, 3.05) is 0 Å². The van der Waals surface area contributed by atoms with Gasteiger partial charge in [-0.25, -0.2) is 0 Å². The van der Waals surface area contributed by atoms with E-state index in [0.717, 1.165) is 16.3 Å². The van der Waals surface area contributed by atoms with Gasteiger partial charge in [0.05, 0.1) is 11.5 Å². The van der Waals surface area contributed by atoms with E-state index in [2.05, 4.69) is 15.5 Å². The molecule has 0 fully saturated rings. The molecule has 0 aliphatic carbocycles. The van der Waals surface area contributed by atoms with Crippen LogP contribution in [-0.2, 0) is 12.3 Å². The zero-order valence-corrected chi connectivity index (χ0v) is 19.9. The van der Waals surface area contributed by atoms with Crippen molar-refractivity contribution in [3.8, 4) is 5.69 Å². The van der Waals surface area contributed by atoms with Crippen LogP contribution >= 0.6 is 11.8 Å². The lowest BCUT2D eigenvalue weighted by atomic mass is 10.0. The van der Waals surface area contributed by atoms with Crippen LogP contribution in [0.3, 0.4) is 0 Å². The highest BCUT2D eigenvalue weighted by Crippen LogP contribution is 2.26. The fourth-order valence-electron chi connectivity index (χ4n) is 3.89. The van der Waals surface area contributed by atoms with Gasteiger partial charge in [-0.15, -0.1) is 10.2 Å². The largest absolute Gasteiger partial charge is 0.345 e. The third kappa shape index (κ3) is 4.96. The first-order chi connectivity index (χ1) is 17.6. The molecule has 0 spiro atoms. The molecule has 0 aliphatic rings. The summed E-state index contributed by atoms with van der Waals surface area (Å²) in [6.07, 6.45) is 0. The van der Waals surface area contributed by atoms with Crippen LogP contribution in [0.15, 0.2) is 102 Å². The van der Waals surface area contributed by atoms with E-state index >= 15 is 0 Å². The van der Waals surface area contributed by atoms with Gasteiger partial charge in [0, 0.05) is 29.1 Å². The summed E-state index contributed by atoms with van der Waals surface area (Å²) in [7, 11) is 0. The normalized spacial score (nSPS) is 10.9. The number of non-ortho nitro benzene ring substituents is 1. The van der Waals surface area contributed by atoms with Gasteiger partial charge in [-0.2, -0.15) is 0 Å². The number of fused-ring (bicyclic) bond motifs is 1. The summed E-state index contributed by atoms with van der Waals surface area (Å²) in [5, 5.41) is 25.2.